The second-order valence-corrected chi connectivity index (χ2v) is 7.56. The molecule has 0 aliphatic carbocycles. The monoisotopic (exact) mass is 378 g/mol. The van der Waals surface area contributed by atoms with Crippen molar-refractivity contribution in [3.63, 3.8) is 0 Å². The highest BCUT2D eigenvalue weighted by Gasteiger charge is 2.23. The Bertz CT molecular complexity index is 920. The number of rotatable bonds is 6. The lowest BCUT2D eigenvalue weighted by molar-refractivity contribution is 0.192. The molecule has 0 amide bonds. The predicted octanol–water partition coefficient (Wildman–Crippen LogP) is 4.41. The van der Waals surface area contributed by atoms with Crippen molar-refractivity contribution in [1.29, 1.82) is 0 Å². The van der Waals surface area contributed by atoms with Crippen LogP contribution in [-0.2, 0) is 19.5 Å². The average Bonchev–Trinajstić information content (AvgIpc) is 3.15. The maximum Gasteiger partial charge on any atom is 0.123 e. The molecule has 0 unspecified atom stereocenters. The van der Waals surface area contributed by atoms with E-state index in [0.717, 1.165) is 55.4 Å². The summed E-state index contributed by atoms with van der Waals surface area (Å²) in [6.45, 7) is 6.11. The molecule has 0 spiro atoms. The fourth-order valence-corrected chi connectivity index (χ4v) is 4.10. The number of likely N-dealkylation sites (tertiary alicyclic amines) is 1. The van der Waals surface area contributed by atoms with Gasteiger partial charge in [-0.15, -0.1) is 0 Å². The molecule has 1 aliphatic rings. The van der Waals surface area contributed by atoms with Gasteiger partial charge in [0.1, 0.15) is 11.6 Å². The van der Waals surface area contributed by atoms with Gasteiger partial charge in [-0.05, 0) is 56.1 Å². The van der Waals surface area contributed by atoms with Crippen molar-refractivity contribution in [2.24, 2.45) is 0 Å². The number of benzene rings is 1. The fraction of sp³-hybridized carbons (Fsp3) is 0.391. The summed E-state index contributed by atoms with van der Waals surface area (Å²) >= 11 is 0. The Labute approximate surface area is 166 Å². The first-order chi connectivity index (χ1) is 13.7. The van der Waals surface area contributed by atoms with Gasteiger partial charge in [0, 0.05) is 49.2 Å². The number of aryl methyl sites for hydroxylation is 1. The van der Waals surface area contributed by atoms with Crippen molar-refractivity contribution >= 4 is 0 Å². The zero-order valence-corrected chi connectivity index (χ0v) is 16.4. The van der Waals surface area contributed by atoms with E-state index >= 15 is 0 Å². The molecule has 0 N–H and O–H groups in total. The van der Waals surface area contributed by atoms with Crippen molar-refractivity contribution in [3.05, 3.63) is 83.5 Å². The Morgan fingerprint density at radius 1 is 1.18 bits per heavy atom. The van der Waals surface area contributed by atoms with Gasteiger partial charge in [0.2, 0.25) is 0 Å². The highest BCUT2D eigenvalue weighted by molar-refractivity contribution is 5.24. The van der Waals surface area contributed by atoms with Gasteiger partial charge in [0.05, 0.1) is 6.54 Å². The van der Waals surface area contributed by atoms with E-state index in [9.17, 15) is 4.39 Å². The smallest absolute Gasteiger partial charge is 0.123 e. The van der Waals surface area contributed by atoms with E-state index in [0.29, 0.717) is 12.3 Å². The van der Waals surface area contributed by atoms with Crippen LogP contribution in [0.4, 0.5) is 4.39 Å². The number of halogens is 1. The highest BCUT2D eigenvalue weighted by atomic mass is 19.1. The van der Waals surface area contributed by atoms with Crippen molar-refractivity contribution in [2.45, 2.75) is 45.2 Å². The third kappa shape index (κ3) is 4.47. The summed E-state index contributed by atoms with van der Waals surface area (Å²) in [6, 6.07) is 13.0. The molecule has 5 heteroatoms. The molecule has 1 fully saturated rings. The Balaban J connectivity index is 1.45. The van der Waals surface area contributed by atoms with Crippen LogP contribution < -0.4 is 0 Å². The van der Waals surface area contributed by atoms with Crippen molar-refractivity contribution < 1.29 is 4.39 Å². The fourth-order valence-electron chi connectivity index (χ4n) is 4.10. The first-order valence-electron chi connectivity index (χ1n) is 10.1. The van der Waals surface area contributed by atoms with Gasteiger partial charge >= 0.3 is 0 Å². The van der Waals surface area contributed by atoms with Gasteiger partial charge in [-0.2, -0.15) is 0 Å². The lowest BCUT2D eigenvalue weighted by atomic mass is 9.94. The predicted molar refractivity (Wildman–Crippen MR) is 109 cm³/mol. The molecule has 3 aromatic rings. The molecule has 146 valence electrons. The second-order valence-electron chi connectivity index (χ2n) is 7.56. The molecular formula is C23H27FN4. The number of imidazole rings is 1. The minimum atomic E-state index is -0.193. The van der Waals surface area contributed by atoms with Crippen LogP contribution in [0, 0.1) is 5.82 Å². The Hall–Kier alpha value is -2.53. The van der Waals surface area contributed by atoms with E-state index in [4.69, 9.17) is 4.98 Å². The van der Waals surface area contributed by atoms with Gasteiger partial charge < -0.3 is 4.57 Å². The molecule has 2 aromatic heterocycles. The van der Waals surface area contributed by atoms with E-state index in [1.54, 1.807) is 12.1 Å². The zero-order valence-electron chi connectivity index (χ0n) is 16.4. The van der Waals surface area contributed by atoms with Gasteiger partial charge in [0.25, 0.3) is 0 Å². The van der Waals surface area contributed by atoms with E-state index < -0.39 is 0 Å². The summed E-state index contributed by atoms with van der Waals surface area (Å²) < 4.78 is 15.7. The summed E-state index contributed by atoms with van der Waals surface area (Å²) in [5, 5.41) is 0. The van der Waals surface area contributed by atoms with Crippen LogP contribution in [-0.4, -0.2) is 32.5 Å². The lowest BCUT2D eigenvalue weighted by Crippen LogP contribution is -2.35. The summed E-state index contributed by atoms with van der Waals surface area (Å²) in [4.78, 5) is 11.9. The van der Waals surface area contributed by atoms with E-state index in [1.807, 2.05) is 24.5 Å². The minimum absolute atomic E-state index is 0.193. The van der Waals surface area contributed by atoms with Crippen LogP contribution in [0.5, 0.6) is 0 Å². The van der Waals surface area contributed by atoms with E-state index in [-0.39, 0.29) is 5.82 Å². The molecule has 28 heavy (non-hydrogen) atoms. The van der Waals surface area contributed by atoms with Crippen molar-refractivity contribution in [2.75, 3.05) is 13.1 Å². The Morgan fingerprint density at radius 3 is 2.93 bits per heavy atom. The molecule has 1 aromatic carbocycles. The van der Waals surface area contributed by atoms with Crippen LogP contribution in [0.25, 0.3) is 0 Å². The molecule has 1 aliphatic heterocycles. The number of hydrogen-bond donors (Lipinski definition) is 0. The Kier molecular flexibility index (Phi) is 5.81. The third-order valence-corrected chi connectivity index (χ3v) is 5.53. The van der Waals surface area contributed by atoms with Crippen LogP contribution in [0.1, 0.15) is 48.5 Å². The number of piperidine rings is 1. The molecular weight excluding hydrogens is 351 g/mol. The number of aromatic nitrogens is 3. The number of nitrogens with zero attached hydrogens (tertiary/aromatic N) is 4. The molecule has 0 radical (unpaired) electrons. The van der Waals surface area contributed by atoms with Crippen LogP contribution in [0.2, 0.25) is 0 Å². The quantitative estimate of drug-likeness (QED) is 0.637. The normalized spacial score (nSPS) is 17.7. The maximum atomic E-state index is 13.5. The summed E-state index contributed by atoms with van der Waals surface area (Å²) in [5.74, 6) is 1.38. The number of pyridine rings is 1. The molecule has 0 bridgehead atoms. The van der Waals surface area contributed by atoms with Gasteiger partial charge in [-0.3, -0.25) is 9.88 Å². The molecule has 4 rings (SSSR count). The van der Waals surface area contributed by atoms with Gasteiger partial charge in [-0.25, -0.2) is 9.37 Å². The first kappa shape index (κ1) is 18.8. The van der Waals surface area contributed by atoms with Crippen LogP contribution in [0.3, 0.4) is 0 Å². The van der Waals surface area contributed by atoms with Crippen LogP contribution in [0.15, 0.2) is 54.9 Å². The minimum Gasteiger partial charge on any atom is -0.334 e. The lowest BCUT2D eigenvalue weighted by Gasteiger charge is -2.32. The zero-order chi connectivity index (χ0) is 19.3. The van der Waals surface area contributed by atoms with Gasteiger partial charge in [-0.1, -0.05) is 18.2 Å². The van der Waals surface area contributed by atoms with Gasteiger partial charge in [0.15, 0.2) is 0 Å². The summed E-state index contributed by atoms with van der Waals surface area (Å²) in [5.41, 5.74) is 3.11. The SMILES string of the molecule is CCn1ccnc1CN1CCC[C@H](c2cccc(Cc3cccc(F)c3)n2)C1. The summed E-state index contributed by atoms with van der Waals surface area (Å²) in [7, 11) is 0. The van der Waals surface area contributed by atoms with E-state index in [1.165, 1.54) is 12.5 Å². The molecule has 1 saturated heterocycles. The van der Waals surface area contributed by atoms with E-state index in [2.05, 4.69) is 33.5 Å². The molecule has 3 heterocycles. The largest absolute Gasteiger partial charge is 0.334 e. The number of hydrogen-bond acceptors (Lipinski definition) is 3. The molecule has 1 atom stereocenters. The molecule has 4 nitrogen and oxygen atoms in total. The van der Waals surface area contributed by atoms with Crippen molar-refractivity contribution in [1.82, 2.24) is 19.4 Å². The second kappa shape index (κ2) is 8.65. The standard InChI is InChI=1S/C23H27FN4/c1-2-28-13-11-25-23(28)17-27-12-5-7-19(16-27)22-10-4-9-21(26-22)15-18-6-3-8-20(24)14-18/h3-4,6,8-11,13-14,19H,2,5,7,12,15-17H2,1H3/t19-/m0/s1. The van der Waals surface area contributed by atoms with Crippen molar-refractivity contribution in [3.8, 4) is 0 Å². The molecule has 0 saturated carbocycles. The highest BCUT2D eigenvalue weighted by Crippen LogP contribution is 2.27. The third-order valence-electron chi connectivity index (χ3n) is 5.53. The maximum absolute atomic E-state index is 13.5. The van der Waals surface area contributed by atoms with Crippen LogP contribution >= 0.6 is 0 Å². The first-order valence-corrected chi connectivity index (χ1v) is 10.1. The topological polar surface area (TPSA) is 34.0 Å². The Morgan fingerprint density at radius 2 is 2.07 bits per heavy atom. The average molecular weight is 378 g/mol. The summed E-state index contributed by atoms with van der Waals surface area (Å²) in [6.07, 6.45) is 6.93.